The normalized spacial score (nSPS) is 12.0. The Hall–Kier alpha value is -2.21. The quantitative estimate of drug-likeness (QED) is 0.910. The number of hydrogen-bond donors (Lipinski definition) is 2. The van der Waals surface area contributed by atoms with Crippen LogP contribution in [0.2, 0.25) is 0 Å². The van der Waals surface area contributed by atoms with Gasteiger partial charge in [-0.1, -0.05) is 0 Å². The van der Waals surface area contributed by atoms with E-state index in [1.165, 1.54) is 23.2 Å². The van der Waals surface area contributed by atoms with Gasteiger partial charge in [-0.2, -0.15) is 0 Å². The van der Waals surface area contributed by atoms with Gasteiger partial charge in [0.2, 0.25) is 0 Å². The molecule has 21 heavy (non-hydrogen) atoms. The maximum Gasteiger partial charge on any atom is 0.338 e. The molecule has 0 aliphatic carbocycles. The molecule has 0 saturated heterocycles. The number of carbonyl (C=O) groups is 2. The van der Waals surface area contributed by atoms with E-state index >= 15 is 0 Å². The zero-order chi connectivity index (χ0) is 15.6. The predicted molar refractivity (Wildman–Crippen MR) is 80.9 cm³/mol. The molecule has 0 aliphatic heterocycles. The van der Waals surface area contributed by atoms with Crippen molar-refractivity contribution in [3.8, 4) is 0 Å². The van der Waals surface area contributed by atoms with Crippen LogP contribution in [0.4, 0.5) is 0 Å². The van der Waals surface area contributed by atoms with Crippen LogP contribution >= 0.6 is 11.3 Å². The van der Waals surface area contributed by atoms with Gasteiger partial charge in [0, 0.05) is 16.0 Å². The molecule has 0 spiro atoms. The van der Waals surface area contributed by atoms with E-state index in [9.17, 15) is 9.59 Å². The lowest BCUT2D eigenvalue weighted by molar-refractivity contribution is 0.0689. The van der Waals surface area contributed by atoms with Gasteiger partial charge < -0.3 is 10.4 Å². The highest BCUT2D eigenvalue weighted by molar-refractivity contribution is 7.12. The molecular formula is C15H16N2O3S. The Morgan fingerprint density at radius 3 is 2.67 bits per heavy atom. The summed E-state index contributed by atoms with van der Waals surface area (Å²) in [5, 5.41) is 11.9. The molecule has 0 aliphatic rings. The van der Waals surface area contributed by atoms with Crippen molar-refractivity contribution < 1.29 is 14.7 Å². The standard InChI is InChI=1S/C15H16N2O3S/c1-8-7-12(10(3)21-8)9(2)17-14(18)13-11(15(19)20)5-4-6-16-13/h4-7,9H,1-3H3,(H,17,18)(H,19,20). The topological polar surface area (TPSA) is 79.3 Å². The van der Waals surface area contributed by atoms with E-state index in [0.29, 0.717) is 0 Å². The Bertz CT molecular complexity index is 694. The monoisotopic (exact) mass is 304 g/mol. The van der Waals surface area contributed by atoms with Crippen molar-refractivity contribution in [1.82, 2.24) is 10.3 Å². The Morgan fingerprint density at radius 1 is 1.38 bits per heavy atom. The van der Waals surface area contributed by atoms with Gasteiger partial charge in [0.1, 0.15) is 5.69 Å². The first kappa shape index (κ1) is 15.2. The van der Waals surface area contributed by atoms with Gasteiger partial charge in [-0.15, -0.1) is 11.3 Å². The fourth-order valence-electron chi connectivity index (χ4n) is 2.18. The number of hydrogen-bond acceptors (Lipinski definition) is 4. The average Bonchev–Trinajstić information content (AvgIpc) is 2.77. The van der Waals surface area contributed by atoms with Crippen molar-refractivity contribution in [2.75, 3.05) is 0 Å². The third kappa shape index (κ3) is 3.28. The number of carboxylic acid groups (broad SMARTS) is 1. The Labute approximate surface area is 126 Å². The molecule has 6 heteroatoms. The van der Waals surface area contributed by atoms with Crippen LogP contribution in [0.5, 0.6) is 0 Å². The van der Waals surface area contributed by atoms with Gasteiger partial charge in [0.05, 0.1) is 11.6 Å². The van der Waals surface area contributed by atoms with Crippen molar-refractivity contribution in [2.24, 2.45) is 0 Å². The summed E-state index contributed by atoms with van der Waals surface area (Å²) < 4.78 is 0. The van der Waals surface area contributed by atoms with E-state index in [1.807, 2.05) is 26.8 Å². The molecule has 0 radical (unpaired) electrons. The Balaban J connectivity index is 2.22. The van der Waals surface area contributed by atoms with Crippen LogP contribution in [-0.4, -0.2) is 22.0 Å². The van der Waals surface area contributed by atoms with Crippen LogP contribution in [0.15, 0.2) is 24.4 Å². The SMILES string of the molecule is Cc1cc(C(C)NC(=O)c2ncccc2C(=O)O)c(C)s1. The highest BCUT2D eigenvalue weighted by Gasteiger charge is 2.20. The van der Waals surface area contributed by atoms with Crippen LogP contribution < -0.4 is 5.32 Å². The number of aromatic carboxylic acids is 1. The number of pyridine rings is 1. The lowest BCUT2D eigenvalue weighted by Crippen LogP contribution is -2.29. The minimum absolute atomic E-state index is 0.0681. The van der Waals surface area contributed by atoms with Gasteiger partial charge in [-0.3, -0.25) is 9.78 Å². The second kappa shape index (κ2) is 6.05. The number of nitrogens with zero attached hydrogens (tertiary/aromatic N) is 1. The number of carboxylic acids is 1. The lowest BCUT2D eigenvalue weighted by Gasteiger charge is -2.14. The van der Waals surface area contributed by atoms with Crippen molar-refractivity contribution in [2.45, 2.75) is 26.8 Å². The Morgan fingerprint density at radius 2 is 2.10 bits per heavy atom. The minimum Gasteiger partial charge on any atom is -0.478 e. The van der Waals surface area contributed by atoms with Gasteiger partial charge in [-0.05, 0) is 44.5 Å². The zero-order valence-electron chi connectivity index (χ0n) is 12.0. The molecule has 2 heterocycles. The van der Waals surface area contributed by atoms with Crippen LogP contribution in [0.25, 0.3) is 0 Å². The molecule has 0 saturated carbocycles. The second-order valence-electron chi connectivity index (χ2n) is 4.77. The smallest absolute Gasteiger partial charge is 0.338 e. The number of aryl methyl sites for hydroxylation is 2. The van der Waals surface area contributed by atoms with E-state index in [-0.39, 0.29) is 17.3 Å². The summed E-state index contributed by atoms with van der Waals surface area (Å²) in [6.07, 6.45) is 1.41. The first-order valence-electron chi connectivity index (χ1n) is 6.46. The number of aromatic nitrogens is 1. The summed E-state index contributed by atoms with van der Waals surface area (Å²) in [6, 6.07) is 4.69. The fraction of sp³-hybridized carbons (Fsp3) is 0.267. The number of thiophene rings is 1. The van der Waals surface area contributed by atoms with Crippen LogP contribution in [0, 0.1) is 13.8 Å². The van der Waals surface area contributed by atoms with E-state index < -0.39 is 11.9 Å². The molecule has 2 rings (SSSR count). The predicted octanol–water partition coefficient (Wildman–Crippen LogP) is 2.95. The fourth-order valence-corrected chi connectivity index (χ4v) is 3.20. The Kier molecular flexibility index (Phi) is 4.37. The zero-order valence-corrected chi connectivity index (χ0v) is 12.8. The molecule has 110 valence electrons. The molecule has 5 nitrogen and oxygen atoms in total. The number of rotatable bonds is 4. The van der Waals surface area contributed by atoms with Gasteiger partial charge in [-0.25, -0.2) is 4.79 Å². The second-order valence-corrected chi connectivity index (χ2v) is 6.23. The van der Waals surface area contributed by atoms with Crippen molar-refractivity contribution in [3.05, 3.63) is 51.0 Å². The van der Waals surface area contributed by atoms with Gasteiger partial charge in [0.25, 0.3) is 5.91 Å². The van der Waals surface area contributed by atoms with E-state index in [1.54, 1.807) is 11.3 Å². The van der Waals surface area contributed by atoms with Crippen molar-refractivity contribution >= 4 is 23.2 Å². The summed E-state index contributed by atoms with van der Waals surface area (Å²) in [6.45, 7) is 5.88. The third-order valence-electron chi connectivity index (χ3n) is 3.15. The molecule has 2 N–H and O–H groups in total. The van der Waals surface area contributed by atoms with E-state index in [2.05, 4.69) is 10.3 Å². The highest BCUT2D eigenvalue weighted by Crippen LogP contribution is 2.26. The molecule has 1 unspecified atom stereocenters. The molecule has 0 aromatic carbocycles. The summed E-state index contributed by atoms with van der Waals surface area (Å²) in [7, 11) is 0. The van der Waals surface area contributed by atoms with Crippen LogP contribution in [0.1, 0.15) is 49.1 Å². The molecule has 2 aromatic rings. The summed E-state index contributed by atoms with van der Waals surface area (Å²) >= 11 is 1.67. The maximum absolute atomic E-state index is 12.2. The van der Waals surface area contributed by atoms with Crippen molar-refractivity contribution in [3.63, 3.8) is 0 Å². The average molecular weight is 304 g/mol. The first-order valence-corrected chi connectivity index (χ1v) is 7.28. The molecule has 0 fully saturated rings. The van der Waals surface area contributed by atoms with E-state index in [0.717, 1.165) is 10.4 Å². The summed E-state index contributed by atoms with van der Waals surface area (Å²) in [4.78, 5) is 29.6. The van der Waals surface area contributed by atoms with Crippen LogP contribution in [0.3, 0.4) is 0 Å². The molecular weight excluding hydrogens is 288 g/mol. The van der Waals surface area contributed by atoms with Gasteiger partial charge in [0.15, 0.2) is 0 Å². The lowest BCUT2D eigenvalue weighted by atomic mass is 10.1. The number of carbonyl (C=O) groups excluding carboxylic acids is 1. The van der Waals surface area contributed by atoms with Crippen LogP contribution in [-0.2, 0) is 0 Å². The van der Waals surface area contributed by atoms with Crippen molar-refractivity contribution in [1.29, 1.82) is 0 Å². The number of amides is 1. The first-order chi connectivity index (χ1) is 9.90. The molecule has 1 amide bonds. The summed E-state index contributed by atoms with van der Waals surface area (Å²) in [5.74, 6) is -1.65. The molecule has 1 atom stereocenters. The summed E-state index contributed by atoms with van der Waals surface area (Å²) in [5.41, 5.74) is 0.875. The minimum atomic E-state index is -1.16. The molecule has 2 aromatic heterocycles. The largest absolute Gasteiger partial charge is 0.478 e. The van der Waals surface area contributed by atoms with E-state index in [4.69, 9.17) is 5.11 Å². The molecule has 0 bridgehead atoms. The number of nitrogens with one attached hydrogen (secondary N) is 1. The maximum atomic E-state index is 12.2. The third-order valence-corrected chi connectivity index (χ3v) is 4.13. The van der Waals surface area contributed by atoms with Gasteiger partial charge >= 0.3 is 5.97 Å². The highest BCUT2D eigenvalue weighted by atomic mass is 32.1.